The minimum absolute atomic E-state index is 0.0995. The number of urea groups is 1. The SMILES string of the molecule is COC(=O)C1=C(C)NC(=O)N[C@H]1c1ccc(OCC(=O)N/N=C\c2cccc([N+](=O)[O-])c2)c(OC)c1. The topological polar surface area (TPSA) is 170 Å². The Balaban J connectivity index is 1.67. The zero-order chi connectivity index (χ0) is 26.2. The molecule has 2 aromatic carbocycles. The van der Waals surface area contributed by atoms with Crippen LogP contribution >= 0.6 is 0 Å². The number of hydrogen-bond acceptors (Lipinski definition) is 9. The number of hydrazone groups is 1. The number of non-ortho nitro benzene ring substituents is 1. The van der Waals surface area contributed by atoms with Gasteiger partial charge in [0.05, 0.1) is 37.0 Å². The number of nitrogens with zero attached hydrogens (tertiary/aromatic N) is 2. The summed E-state index contributed by atoms with van der Waals surface area (Å²) < 4.78 is 15.7. The number of nitrogens with one attached hydrogen (secondary N) is 3. The zero-order valence-corrected chi connectivity index (χ0v) is 19.6. The van der Waals surface area contributed by atoms with Gasteiger partial charge >= 0.3 is 12.0 Å². The van der Waals surface area contributed by atoms with Crippen molar-refractivity contribution in [1.29, 1.82) is 0 Å². The Morgan fingerprint density at radius 3 is 2.67 bits per heavy atom. The Morgan fingerprint density at radius 1 is 1.19 bits per heavy atom. The summed E-state index contributed by atoms with van der Waals surface area (Å²) in [7, 11) is 2.64. The largest absolute Gasteiger partial charge is 0.493 e. The van der Waals surface area contributed by atoms with E-state index in [1.165, 1.54) is 44.7 Å². The monoisotopic (exact) mass is 497 g/mol. The lowest BCUT2D eigenvalue weighted by atomic mass is 9.95. The van der Waals surface area contributed by atoms with Gasteiger partial charge < -0.3 is 24.8 Å². The van der Waals surface area contributed by atoms with E-state index in [9.17, 15) is 24.5 Å². The fraction of sp³-hybridized carbons (Fsp3) is 0.217. The number of carbonyl (C=O) groups excluding carboxylic acids is 3. The number of nitro benzene ring substituents is 1. The Bertz CT molecular complexity index is 1260. The molecule has 0 radical (unpaired) electrons. The highest BCUT2D eigenvalue weighted by Crippen LogP contribution is 2.34. The van der Waals surface area contributed by atoms with Crippen LogP contribution in [0.25, 0.3) is 0 Å². The lowest BCUT2D eigenvalue weighted by Gasteiger charge is -2.28. The fourth-order valence-electron chi connectivity index (χ4n) is 3.38. The first-order valence-corrected chi connectivity index (χ1v) is 10.5. The van der Waals surface area contributed by atoms with Crippen molar-refractivity contribution >= 4 is 29.8 Å². The summed E-state index contributed by atoms with van der Waals surface area (Å²) in [5.74, 6) is -0.693. The number of methoxy groups -OCH3 is 2. The highest BCUT2D eigenvalue weighted by molar-refractivity contribution is 5.95. The van der Waals surface area contributed by atoms with Gasteiger partial charge in [0.15, 0.2) is 18.1 Å². The molecule has 1 aliphatic rings. The van der Waals surface area contributed by atoms with E-state index in [0.717, 1.165) is 0 Å². The van der Waals surface area contributed by atoms with Crippen LogP contribution in [-0.4, -0.2) is 49.9 Å². The van der Waals surface area contributed by atoms with E-state index in [4.69, 9.17) is 14.2 Å². The predicted molar refractivity (Wildman–Crippen MR) is 126 cm³/mol. The normalized spacial score (nSPS) is 15.1. The number of esters is 1. The predicted octanol–water partition coefficient (Wildman–Crippen LogP) is 1.93. The van der Waals surface area contributed by atoms with Crippen LogP contribution < -0.4 is 25.5 Å². The third kappa shape index (κ3) is 6.14. The first kappa shape index (κ1) is 25.7. The number of allylic oxidation sites excluding steroid dienone is 1. The second-order valence-electron chi connectivity index (χ2n) is 7.41. The van der Waals surface area contributed by atoms with Gasteiger partial charge in [-0.2, -0.15) is 5.10 Å². The molecule has 13 nitrogen and oxygen atoms in total. The number of benzene rings is 2. The second kappa shape index (κ2) is 11.5. The molecule has 0 aliphatic carbocycles. The summed E-state index contributed by atoms with van der Waals surface area (Å²) >= 11 is 0. The molecular weight excluding hydrogens is 474 g/mol. The van der Waals surface area contributed by atoms with Gasteiger partial charge in [-0.15, -0.1) is 0 Å². The Kier molecular flexibility index (Phi) is 8.18. The molecule has 13 heteroatoms. The summed E-state index contributed by atoms with van der Waals surface area (Å²) in [6.07, 6.45) is 1.27. The van der Waals surface area contributed by atoms with Gasteiger partial charge in [0.1, 0.15) is 0 Å². The molecule has 2 aromatic rings. The van der Waals surface area contributed by atoms with E-state index >= 15 is 0 Å². The number of rotatable bonds is 9. The van der Waals surface area contributed by atoms with Gasteiger partial charge in [-0.3, -0.25) is 14.9 Å². The van der Waals surface area contributed by atoms with Crippen molar-refractivity contribution in [2.45, 2.75) is 13.0 Å². The molecule has 0 saturated heterocycles. The standard InChI is InChI=1S/C23H23N5O8/c1-13-20(22(30)35-3)21(26-23(31)25-13)15-7-8-17(18(10-15)34-2)36-12-19(29)27-24-11-14-5-4-6-16(9-14)28(32)33/h4-11,21H,12H2,1-3H3,(H,27,29)(H2,25,26,31)/b24-11-/t21-/m0/s1. The molecule has 1 atom stereocenters. The quantitative estimate of drug-likeness (QED) is 0.204. The van der Waals surface area contributed by atoms with Crippen LogP contribution in [0.1, 0.15) is 24.1 Å². The molecule has 0 spiro atoms. The Hall–Kier alpha value is -4.94. The van der Waals surface area contributed by atoms with Gasteiger partial charge in [-0.25, -0.2) is 15.0 Å². The minimum atomic E-state index is -0.791. The van der Waals surface area contributed by atoms with E-state index in [1.807, 2.05) is 0 Å². The average Bonchev–Trinajstić information content (AvgIpc) is 2.86. The lowest BCUT2D eigenvalue weighted by Crippen LogP contribution is -2.45. The molecule has 1 aliphatic heterocycles. The van der Waals surface area contributed by atoms with Crippen molar-refractivity contribution in [3.8, 4) is 11.5 Å². The van der Waals surface area contributed by atoms with Crippen molar-refractivity contribution in [1.82, 2.24) is 16.1 Å². The maximum Gasteiger partial charge on any atom is 0.337 e. The summed E-state index contributed by atoms with van der Waals surface area (Å²) in [5.41, 5.74) is 3.72. The van der Waals surface area contributed by atoms with Gasteiger partial charge in [-0.1, -0.05) is 18.2 Å². The summed E-state index contributed by atoms with van der Waals surface area (Å²) in [6, 6.07) is 9.20. The highest BCUT2D eigenvalue weighted by atomic mass is 16.6. The van der Waals surface area contributed by atoms with Crippen LogP contribution in [0.5, 0.6) is 11.5 Å². The molecule has 3 rings (SSSR count). The third-order valence-electron chi connectivity index (χ3n) is 5.04. The third-order valence-corrected chi connectivity index (χ3v) is 5.04. The van der Waals surface area contributed by atoms with Crippen LogP contribution in [0, 0.1) is 10.1 Å². The zero-order valence-electron chi connectivity index (χ0n) is 19.6. The first-order valence-electron chi connectivity index (χ1n) is 10.5. The molecule has 3 N–H and O–H groups in total. The van der Waals surface area contributed by atoms with Gasteiger partial charge in [0, 0.05) is 23.4 Å². The van der Waals surface area contributed by atoms with Crippen LogP contribution in [0.15, 0.2) is 58.8 Å². The Morgan fingerprint density at radius 2 is 1.97 bits per heavy atom. The smallest absolute Gasteiger partial charge is 0.337 e. The summed E-state index contributed by atoms with van der Waals surface area (Å²) in [6.45, 7) is 1.19. The Labute approximate surface area is 205 Å². The van der Waals surface area contributed by atoms with E-state index in [0.29, 0.717) is 16.8 Å². The van der Waals surface area contributed by atoms with E-state index in [1.54, 1.807) is 25.1 Å². The maximum absolute atomic E-state index is 12.3. The number of carbonyl (C=O) groups is 3. The molecule has 0 unspecified atom stereocenters. The van der Waals surface area contributed by atoms with Crippen LogP contribution in [-0.2, 0) is 14.3 Å². The highest BCUT2D eigenvalue weighted by Gasteiger charge is 2.32. The van der Waals surface area contributed by atoms with Crippen LogP contribution in [0.3, 0.4) is 0 Å². The fourth-order valence-corrected chi connectivity index (χ4v) is 3.38. The molecule has 0 saturated carbocycles. The number of ether oxygens (including phenoxy) is 3. The van der Waals surface area contributed by atoms with Crippen molar-refractivity contribution < 1.29 is 33.5 Å². The average molecular weight is 497 g/mol. The number of amides is 3. The van der Waals surface area contributed by atoms with Gasteiger partial charge in [-0.05, 0) is 24.6 Å². The maximum atomic E-state index is 12.3. The van der Waals surface area contributed by atoms with E-state index in [2.05, 4.69) is 21.2 Å². The number of hydrogen-bond donors (Lipinski definition) is 3. The molecule has 3 amide bonds. The summed E-state index contributed by atoms with van der Waals surface area (Å²) in [5, 5.41) is 19.8. The molecule has 36 heavy (non-hydrogen) atoms. The van der Waals surface area contributed by atoms with Crippen molar-refractivity contribution in [2.75, 3.05) is 20.8 Å². The van der Waals surface area contributed by atoms with Crippen LogP contribution in [0.4, 0.5) is 10.5 Å². The van der Waals surface area contributed by atoms with Crippen LogP contribution in [0.2, 0.25) is 0 Å². The van der Waals surface area contributed by atoms with Crippen molar-refractivity contribution in [3.63, 3.8) is 0 Å². The molecular formula is C23H23N5O8. The van der Waals surface area contributed by atoms with Gasteiger partial charge in [0.25, 0.3) is 11.6 Å². The second-order valence-corrected chi connectivity index (χ2v) is 7.41. The lowest BCUT2D eigenvalue weighted by molar-refractivity contribution is -0.384. The molecule has 0 fully saturated rings. The first-order chi connectivity index (χ1) is 17.2. The van der Waals surface area contributed by atoms with Crippen molar-refractivity contribution in [3.05, 3.63) is 75.0 Å². The molecule has 188 valence electrons. The van der Waals surface area contributed by atoms with Gasteiger partial charge in [0.2, 0.25) is 0 Å². The molecule has 0 aromatic heterocycles. The minimum Gasteiger partial charge on any atom is -0.493 e. The van der Waals surface area contributed by atoms with Crippen molar-refractivity contribution in [2.24, 2.45) is 5.10 Å². The number of nitro groups is 1. The van der Waals surface area contributed by atoms with E-state index in [-0.39, 0.29) is 22.8 Å². The molecule has 0 bridgehead atoms. The molecule has 1 heterocycles. The van der Waals surface area contributed by atoms with E-state index < -0.39 is 35.5 Å². The summed E-state index contributed by atoms with van der Waals surface area (Å²) in [4.78, 5) is 46.7.